The van der Waals surface area contributed by atoms with Gasteiger partial charge in [-0.1, -0.05) is 18.2 Å². The third-order valence-electron chi connectivity index (χ3n) is 4.09. The number of thioether (sulfide) groups is 1. The van der Waals surface area contributed by atoms with Gasteiger partial charge in [0.05, 0.1) is 12.2 Å². The molecule has 144 valence electrons. The summed E-state index contributed by atoms with van der Waals surface area (Å²) in [5.74, 6) is 1.09. The molecule has 26 heavy (non-hydrogen) atoms. The summed E-state index contributed by atoms with van der Waals surface area (Å²) in [5.41, 5.74) is 0. The van der Waals surface area contributed by atoms with Crippen molar-refractivity contribution in [2.75, 3.05) is 31.7 Å². The Morgan fingerprint density at radius 1 is 1.27 bits per heavy atom. The van der Waals surface area contributed by atoms with Crippen molar-refractivity contribution in [3.8, 4) is 5.75 Å². The van der Waals surface area contributed by atoms with E-state index in [9.17, 15) is 9.59 Å². The lowest BCUT2D eigenvalue weighted by Gasteiger charge is -2.37. The third kappa shape index (κ3) is 6.53. The van der Waals surface area contributed by atoms with Crippen LogP contribution in [0.5, 0.6) is 5.75 Å². The number of benzene rings is 1. The van der Waals surface area contributed by atoms with Gasteiger partial charge in [-0.3, -0.25) is 9.59 Å². The van der Waals surface area contributed by atoms with E-state index in [0.717, 1.165) is 5.75 Å². The minimum atomic E-state index is -0.535. The van der Waals surface area contributed by atoms with Crippen molar-refractivity contribution in [1.82, 2.24) is 10.2 Å². The van der Waals surface area contributed by atoms with E-state index in [1.54, 1.807) is 28.8 Å². The average molecular weight is 381 g/mol. The maximum Gasteiger partial charge on any atom is 0.258 e. The summed E-state index contributed by atoms with van der Waals surface area (Å²) in [7, 11) is 0. The van der Waals surface area contributed by atoms with Gasteiger partial charge in [0.1, 0.15) is 11.8 Å². The number of para-hydroxylation sites is 1. The average Bonchev–Trinajstić information content (AvgIpc) is 2.63. The van der Waals surface area contributed by atoms with Crippen LogP contribution in [0.2, 0.25) is 0 Å². The predicted molar refractivity (Wildman–Crippen MR) is 103 cm³/mol. The minimum Gasteiger partial charge on any atom is -0.484 e. The summed E-state index contributed by atoms with van der Waals surface area (Å²) < 4.78 is 11.2. The molecule has 1 fully saturated rings. The van der Waals surface area contributed by atoms with Crippen molar-refractivity contribution >= 4 is 23.6 Å². The van der Waals surface area contributed by atoms with Gasteiger partial charge < -0.3 is 19.7 Å². The molecule has 1 heterocycles. The normalized spacial score (nSPS) is 21.1. The van der Waals surface area contributed by atoms with Crippen LogP contribution in [-0.4, -0.2) is 66.7 Å². The molecule has 0 unspecified atom stereocenters. The van der Waals surface area contributed by atoms with Crippen molar-refractivity contribution in [3.05, 3.63) is 30.3 Å². The fourth-order valence-corrected chi connectivity index (χ4v) is 3.44. The van der Waals surface area contributed by atoms with E-state index in [4.69, 9.17) is 9.47 Å². The molecule has 1 aromatic carbocycles. The molecule has 0 aromatic heterocycles. The molecule has 2 rings (SSSR count). The van der Waals surface area contributed by atoms with E-state index >= 15 is 0 Å². The van der Waals surface area contributed by atoms with Crippen LogP contribution in [0.1, 0.15) is 20.3 Å². The van der Waals surface area contributed by atoms with E-state index in [1.807, 2.05) is 38.3 Å². The van der Waals surface area contributed by atoms with Gasteiger partial charge in [-0.05, 0) is 44.4 Å². The van der Waals surface area contributed by atoms with Gasteiger partial charge >= 0.3 is 0 Å². The van der Waals surface area contributed by atoms with E-state index in [1.165, 1.54) is 0 Å². The molecule has 0 spiro atoms. The monoisotopic (exact) mass is 380 g/mol. The first-order valence-electron chi connectivity index (χ1n) is 8.90. The number of ether oxygens (including phenoxy) is 2. The highest BCUT2D eigenvalue weighted by atomic mass is 32.2. The molecule has 2 amide bonds. The van der Waals surface area contributed by atoms with Crippen LogP contribution < -0.4 is 10.1 Å². The number of nitrogens with zero attached hydrogens (tertiary/aromatic N) is 1. The standard InChI is InChI=1S/C19H28N2O4S/c1-14-11-21(12-15(2)25-14)19(23)17(9-10-26-3)20-18(22)13-24-16-7-5-4-6-8-16/h4-8,14-15,17H,9-13H2,1-3H3,(H,20,22)/t14-,15-,17+/m0/s1. The van der Waals surface area contributed by atoms with Crippen LogP contribution in [0.3, 0.4) is 0 Å². The van der Waals surface area contributed by atoms with Crippen LogP contribution in [0, 0.1) is 0 Å². The molecule has 1 aliphatic rings. The molecular formula is C19H28N2O4S. The molecule has 0 radical (unpaired) electrons. The topological polar surface area (TPSA) is 67.9 Å². The Labute approximate surface area is 159 Å². The molecular weight excluding hydrogens is 352 g/mol. The van der Waals surface area contributed by atoms with Crippen molar-refractivity contribution in [2.45, 2.75) is 38.5 Å². The zero-order chi connectivity index (χ0) is 18.9. The number of carbonyl (C=O) groups is 2. The Morgan fingerprint density at radius 3 is 2.54 bits per heavy atom. The van der Waals surface area contributed by atoms with Gasteiger partial charge in [-0.2, -0.15) is 11.8 Å². The predicted octanol–water partition coefficient (Wildman–Crippen LogP) is 1.94. The smallest absolute Gasteiger partial charge is 0.258 e. The Kier molecular flexibility index (Phi) is 8.25. The summed E-state index contributed by atoms with van der Waals surface area (Å²) in [5, 5.41) is 2.84. The Hall–Kier alpha value is -1.73. The maximum atomic E-state index is 12.9. The first-order valence-corrected chi connectivity index (χ1v) is 10.3. The molecule has 1 N–H and O–H groups in total. The number of carbonyl (C=O) groups excluding carboxylic acids is 2. The molecule has 1 aliphatic heterocycles. The fourth-order valence-electron chi connectivity index (χ4n) is 2.97. The molecule has 7 heteroatoms. The number of rotatable bonds is 8. The number of amides is 2. The number of hydrogen-bond donors (Lipinski definition) is 1. The van der Waals surface area contributed by atoms with Crippen LogP contribution >= 0.6 is 11.8 Å². The second-order valence-electron chi connectivity index (χ2n) is 6.50. The van der Waals surface area contributed by atoms with Crippen LogP contribution in [-0.2, 0) is 14.3 Å². The lowest BCUT2D eigenvalue weighted by atomic mass is 10.1. The highest BCUT2D eigenvalue weighted by Gasteiger charge is 2.31. The van der Waals surface area contributed by atoms with Crippen molar-refractivity contribution in [2.24, 2.45) is 0 Å². The molecule has 1 saturated heterocycles. The molecule has 0 saturated carbocycles. The van der Waals surface area contributed by atoms with Gasteiger partial charge in [0, 0.05) is 13.1 Å². The molecule has 1 aromatic rings. The summed E-state index contributed by atoms with van der Waals surface area (Å²) in [6.45, 7) is 4.91. The lowest BCUT2D eigenvalue weighted by molar-refractivity contribution is -0.147. The minimum absolute atomic E-state index is 0.000940. The molecule has 0 aliphatic carbocycles. The Morgan fingerprint density at radius 2 is 1.92 bits per heavy atom. The van der Waals surface area contributed by atoms with E-state index in [0.29, 0.717) is 25.3 Å². The number of morpholine rings is 1. The fraction of sp³-hybridized carbons (Fsp3) is 0.579. The van der Waals surface area contributed by atoms with Crippen LogP contribution in [0.15, 0.2) is 30.3 Å². The highest BCUT2D eigenvalue weighted by Crippen LogP contribution is 2.14. The summed E-state index contributed by atoms with van der Waals surface area (Å²) in [6, 6.07) is 8.62. The van der Waals surface area contributed by atoms with Crippen LogP contribution in [0.4, 0.5) is 0 Å². The first kappa shape index (κ1) is 20.6. The number of nitrogens with one attached hydrogen (secondary N) is 1. The van der Waals surface area contributed by atoms with E-state index in [2.05, 4.69) is 5.32 Å². The Bertz CT molecular complexity index is 574. The van der Waals surface area contributed by atoms with Gasteiger partial charge in [0.25, 0.3) is 5.91 Å². The van der Waals surface area contributed by atoms with Gasteiger partial charge in [-0.15, -0.1) is 0 Å². The zero-order valence-corrected chi connectivity index (χ0v) is 16.5. The molecule has 6 nitrogen and oxygen atoms in total. The highest BCUT2D eigenvalue weighted by molar-refractivity contribution is 7.98. The van der Waals surface area contributed by atoms with Crippen molar-refractivity contribution < 1.29 is 19.1 Å². The zero-order valence-electron chi connectivity index (χ0n) is 15.6. The van der Waals surface area contributed by atoms with E-state index in [-0.39, 0.29) is 30.6 Å². The van der Waals surface area contributed by atoms with Crippen LogP contribution in [0.25, 0.3) is 0 Å². The lowest BCUT2D eigenvalue weighted by Crippen LogP contribution is -2.55. The third-order valence-corrected chi connectivity index (χ3v) is 4.73. The molecule has 3 atom stereocenters. The summed E-state index contributed by atoms with van der Waals surface area (Å²) in [6.07, 6.45) is 2.58. The SMILES string of the molecule is CSCC[C@@H](NC(=O)COc1ccccc1)C(=O)N1C[C@H](C)O[C@@H](C)C1. The molecule has 0 bridgehead atoms. The van der Waals surface area contributed by atoms with Gasteiger partial charge in [0.2, 0.25) is 5.91 Å². The summed E-state index contributed by atoms with van der Waals surface area (Å²) in [4.78, 5) is 27.0. The number of hydrogen-bond acceptors (Lipinski definition) is 5. The quantitative estimate of drug-likeness (QED) is 0.747. The van der Waals surface area contributed by atoms with Crippen molar-refractivity contribution in [1.29, 1.82) is 0 Å². The van der Waals surface area contributed by atoms with Gasteiger partial charge in [-0.25, -0.2) is 0 Å². The van der Waals surface area contributed by atoms with Gasteiger partial charge in [0.15, 0.2) is 6.61 Å². The second-order valence-corrected chi connectivity index (χ2v) is 7.49. The summed E-state index contributed by atoms with van der Waals surface area (Å²) >= 11 is 1.65. The maximum absolute atomic E-state index is 12.9. The van der Waals surface area contributed by atoms with E-state index < -0.39 is 6.04 Å². The second kappa shape index (κ2) is 10.4. The largest absolute Gasteiger partial charge is 0.484 e. The van der Waals surface area contributed by atoms with Crippen molar-refractivity contribution in [3.63, 3.8) is 0 Å². The first-order chi connectivity index (χ1) is 12.5. The Balaban J connectivity index is 1.92.